The molecule has 1 aliphatic heterocycles. The lowest BCUT2D eigenvalue weighted by molar-refractivity contribution is -0.116. The molecule has 1 aromatic heterocycles. The normalized spacial score (nSPS) is 14.3. The molecular formula is C16H20N4O. The molecule has 2 aromatic rings. The van der Waals surface area contributed by atoms with E-state index in [0.29, 0.717) is 13.0 Å². The van der Waals surface area contributed by atoms with Gasteiger partial charge in [-0.1, -0.05) is 0 Å². The molecule has 0 saturated carbocycles. The van der Waals surface area contributed by atoms with Crippen molar-refractivity contribution in [3.8, 4) is 0 Å². The summed E-state index contributed by atoms with van der Waals surface area (Å²) < 4.78 is 2.03. The van der Waals surface area contributed by atoms with Gasteiger partial charge in [0, 0.05) is 31.0 Å². The topological polar surface area (TPSA) is 59.0 Å². The van der Waals surface area contributed by atoms with Crippen LogP contribution >= 0.6 is 0 Å². The Morgan fingerprint density at radius 2 is 2.24 bits per heavy atom. The van der Waals surface area contributed by atoms with Crippen molar-refractivity contribution < 1.29 is 4.79 Å². The number of fused-ring (bicyclic) bond motifs is 1. The van der Waals surface area contributed by atoms with Crippen LogP contribution in [-0.2, 0) is 24.8 Å². The maximum atomic E-state index is 11.5. The van der Waals surface area contributed by atoms with Gasteiger partial charge in [0.2, 0.25) is 5.91 Å². The standard InChI is InChI=1S/C16H20N4O/c1-11-10-20(2)15(18-11)9-17-13-6-7-14-12(8-13)4-3-5-16(21)19-14/h6-8,10,17H,3-5,9H2,1-2H3,(H,19,21). The monoisotopic (exact) mass is 284 g/mol. The molecule has 0 radical (unpaired) electrons. The molecule has 0 aliphatic carbocycles. The second-order valence-electron chi connectivity index (χ2n) is 5.54. The Balaban J connectivity index is 1.73. The van der Waals surface area contributed by atoms with Crippen LogP contribution in [0.4, 0.5) is 11.4 Å². The molecule has 0 atom stereocenters. The number of anilines is 2. The van der Waals surface area contributed by atoms with E-state index in [1.807, 2.05) is 36.9 Å². The van der Waals surface area contributed by atoms with Gasteiger partial charge in [0.25, 0.3) is 0 Å². The van der Waals surface area contributed by atoms with Crippen molar-refractivity contribution in [3.63, 3.8) is 0 Å². The summed E-state index contributed by atoms with van der Waals surface area (Å²) in [5, 5.41) is 6.35. The van der Waals surface area contributed by atoms with E-state index in [1.165, 1.54) is 5.56 Å². The van der Waals surface area contributed by atoms with Crippen molar-refractivity contribution in [1.82, 2.24) is 9.55 Å². The number of imidazole rings is 1. The molecule has 0 saturated heterocycles. The summed E-state index contributed by atoms with van der Waals surface area (Å²) in [7, 11) is 2.00. The molecule has 2 N–H and O–H groups in total. The van der Waals surface area contributed by atoms with Gasteiger partial charge in [0.1, 0.15) is 5.82 Å². The Morgan fingerprint density at radius 1 is 1.38 bits per heavy atom. The Labute approximate surface area is 124 Å². The smallest absolute Gasteiger partial charge is 0.224 e. The summed E-state index contributed by atoms with van der Waals surface area (Å²) in [5.74, 6) is 1.12. The highest BCUT2D eigenvalue weighted by Crippen LogP contribution is 2.25. The van der Waals surface area contributed by atoms with Crippen LogP contribution in [-0.4, -0.2) is 15.5 Å². The SMILES string of the molecule is Cc1cn(C)c(CNc2ccc3c(c2)CCCC(=O)N3)n1. The first kappa shape index (κ1) is 13.7. The van der Waals surface area contributed by atoms with Crippen LogP contribution in [0.15, 0.2) is 24.4 Å². The predicted octanol–water partition coefficient (Wildman–Crippen LogP) is 2.62. The van der Waals surface area contributed by atoms with Gasteiger partial charge < -0.3 is 15.2 Å². The van der Waals surface area contributed by atoms with Crippen molar-refractivity contribution in [2.75, 3.05) is 10.6 Å². The van der Waals surface area contributed by atoms with E-state index in [0.717, 1.165) is 35.7 Å². The lowest BCUT2D eigenvalue weighted by Crippen LogP contribution is -2.09. The van der Waals surface area contributed by atoms with Crippen molar-refractivity contribution in [3.05, 3.63) is 41.5 Å². The third-order valence-electron chi connectivity index (χ3n) is 3.77. The molecule has 5 heteroatoms. The molecule has 1 aliphatic rings. The lowest BCUT2D eigenvalue weighted by atomic mass is 10.1. The number of carbonyl (C=O) groups is 1. The minimum atomic E-state index is 0.109. The molecule has 21 heavy (non-hydrogen) atoms. The fourth-order valence-corrected chi connectivity index (χ4v) is 2.70. The van der Waals surface area contributed by atoms with Gasteiger partial charge in [-0.05, 0) is 43.5 Å². The minimum Gasteiger partial charge on any atom is -0.378 e. The second-order valence-corrected chi connectivity index (χ2v) is 5.54. The first-order chi connectivity index (χ1) is 10.1. The molecule has 0 spiro atoms. The highest BCUT2D eigenvalue weighted by molar-refractivity contribution is 5.92. The van der Waals surface area contributed by atoms with Crippen molar-refractivity contribution >= 4 is 17.3 Å². The van der Waals surface area contributed by atoms with Gasteiger partial charge in [0.05, 0.1) is 12.2 Å². The number of aromatic nitrogens is 2. The number of carbonyl (C=O) groups excluding carboxylic acids is 1. The van der Waals surface area contributed by atoms with Crippen molar-refractivity contribution in [2.45, 2.75) is 32.7 Å². The first-order valence-electron chi connectivity index (χ1n) is 7.27. The molecule has 110 valence electrons. The number of hydrogen-bond acceptors (Lipinski definition) is 3. The van der Waals surface area contributed by atoms with Crippen molar-refractivity contribution in [2.24, 2.45) is 7.05 Å². The highest BCUT2D eigenvalue weighted by atomic mass is 16.1. The zero-order valence-corrected chi connectivity index (χ0v) is 12.4. The maximum absolute atomic E-state index is 11.5. The van der Waals surface area contributed by atoms with Crippen LogP contribution in [0.5, 0.6) is 0 Å². The van der Waals surface area contributed by atoms with Gasteiger partial charge in [-0.2, -0.15) is 0 Å². The molecular weight excluding hydrogens is 264 g/mol. The quantitative estimate of drug-likeness (QED) is 0.911. The second kappa shape index (κ2) is 5.60. The minimum absolute atomic E-state index is 0.109. The molecule has 1 aromatic carbocycles. The molecule has 2 heterocycles. The van der Waals surface area contributed by atoms with Gasteiger partial charge in [0.15, 0.2) is 0 Å². The van der Waals surface area contributed by atoms with E-state index in [9.17, 15) is 4.79 Å². The highest BCUT2D eigenvalue weighted by Gasteiger charge is 2.13. The molecule has 0 fully saturated rings. The lowest BCUT2D eigenvalue weighted by Gasteiger charge is -2.11. The van der Waals surface area contributed by atoms with Crippen LogP contribution in [0.1, 0.15) is 29.9 Å². The molecule has 3 rings (SSSR count). The van der Waals surface area contributed by atoms with Gasteiger partial charge >= 0.3 is 0 Å². The largest absolute Gasteiger partial charge is 0.378 e. The number of aryl methyl sites for hydroxylation is 3. The molecule has 5 nitrogen and oxygen atoms in total. The van der Waals surface area contributed by atoms with Gasteiger partial charge in [-0.15, -0.1) is 0 Å². The summed E-state index contributed by atoms with van der Waals surface area (Å²) in [5.41, 5.74) is 4.22. The van der Waals surface area contributed by atoms with E-state index in [4.69, 9.17) is 0 Å². The van der Waals surface area contributed by atoms with Crippen LogP contribution < -0.4 is 10.6 Å². The Hall–Kier alpha value is -2.30. The van der Waals surface area contributed by atoms with Crippen LogP contribution in [0.25, 0.3) is 0 Å². The fraction of sp³-hybridized carbons (Fsp3) is 0.375. The van der Waals surface area contributed by atoms with Gasteiger partial charge in [-0.25, -0.2) is 4.98 Å². The molecule has 0 bridgehead atoms. The molecule has 1 amide bonds. The number of nitrogens with zero attached hydrogens (tertiary/aromatic N) is 2. The van der Waals surface area contributed by atoms with E-state index in [2.05, 4.69) is 21.7 Å². The third-order valence-corrected chi connectivity index (χ3v) is 3.77. The average Bonchev–Trinajstić information content (AvgIpc) is 2.65. The Bertz CT molecular complexity index is 675. The number of rotatable bonds is 3. The van der Waals surface area contributed by atoms with Crippen LogP contribution in [0, 0.1) is 6.92 Å². The number of nitrogens with one attached hydrogen (secondary N) is 2. The summed E-state index contributed by atoms with van der Waals surface area (Å²) in [6, 6.07) is 6.10. The number of amides is 1. The Morgan fingerprint density at radius 3 is 3.00 bits per heavy atom. The van der Waals surface area contributed by atoms with E-state index < -0.39 is 0 Å². The van der Waals surface area contributed by atoms with E-state index in [1.54, 1.807) is 0 Å². The summed E-state index contributed by atoms with van der Waals surface area (Å²) >= 11 is 0. The predicted molar refractivity (Wildman–Crippen MR) is 83.3 cm³/mol. The average molecular weight is 284 g/mol. The summed E-state index contributed by atoms with van der Waals surface area (Å²) in [4.78, 5) is 16.0. The van der Waals surface area contributed by atoms with Crippen LogP contribution in [0.2, 0.25) is 0 Å². The van der Waals surface area contributed by atoms with E-state index >= 15 is 0 Å². The third kappa shape index (κ3) is 3.07. The number of benzene rings is 1. The maximum Gasteiger partial charge on any atom is 0.224 e. The Kier molecular flexibility index (Phi) is 3.64. The summed E-state index contributed by atoms with van der Waals surface area (Å²) in [6.07, 6.45) is 4.46. The molecule has 0 unspecified atom stereocenters. The van der Waals surface area contributed by atoms with Gasteiger partial charge in [-0.3, -0.25) is 4.79 Å². The fourth-order valence-electron chi connectivity index (χ4n) is 2.70. The zero-order chi connectivity index (χ0) is 14.8. The van der Waals surface area contributed by atoms with Crippen LogP contribution in [0.3, 0.4) is 0 Å². The summed E-state index contributed by atoms with van der Waals surface area (Å²) in [6.45, 7) is 2.68. The van der Waals surface area contributed by atoms with E-state index in [-0.39, 0.29) is 5.91 Å². The first-order valence-corrected chi connectivity index (χ1v) is 7.27. The zero-order valence-electron chi connectivity index (χ0n) is 12.4. The number of hydrogen-bond donors (Lipinski definition) is 2. The van der Waals surface area contributed by atoms with Crippen molar-refractivity contribution in [1.29, 1.82) is 0 Å².